The number of nitrogens with zero attached hydrogens (tertiary/aromatic N) is 1. The number of hydrogen-bond donors (Lipinski definition) is 2. The molecule has 2 aromatic rings. The van der Waals surface area contributed by atoms with Crippen LogP contribution in [0.15, 0.2) is 36.5 Å². The molecule has 0 atom stereocenters. The van der Waals surface area contributed by atoms with Gasteiger partial charge in [0, 0.05) is 30.2 Å². The predicted octanol–water partition coefficient (Wildman–Crippen LogP) is 1.70. The van der Waals surface area contributed by atoms with E-state index >= 15 is 0 Å². The van der Waals surface area contributed by atoms with Gasteiger partial charge in [-0.15, -0.1) is 0 Å². The monoisotopic (exact) mass is 216 g/mol. The third kappa shape index (κ3) is 1.97. The number of aryl methyl sites for hydroxylation is 1. The fourth-order valence-corrected chi connectivity index (χ4v) is 1.61. The SMILES string of the molecule is Cn1ccc2cc(/C=C/C(=O)NO)ccc21. The normalized spacial score (nSPS) is 11.1. The highest BCUT2D eigenvalue weighted by Gasteiger charge is 1.98. The molecule has 1 amide bonds. The van der Waals surface area contributed by atoms with Crippen LogP contribution in [0.4, 0.5) is 0 Å². The quantitative estimate of drug-likeness (QED) is 0.456. The maximum absolute atomic E-state index is 10.8. The molecule has 0 saturated heterocycles. The van der Waals surface area contributed by atoms with Crippen LogP contribution in [0.25, 0.3) is 17.0 Å². The molecule has 1 aromatic carbocycles. The van der Waals surface area contributed by atoms with Crippen molar-refractivity contribution in [3.05, 3.63) is 42.1 Å². The van der Waals surface area contributed by atoms with Gasteiger partial charge in [0.25, 0.3) is 5.91 Å². The Morgan fingerprint density at radius 2 is 2.25 bits per heavy atom. The first kappa shape index (κ1) is 10.4. The second-order valence-corrected chi connectivity index (χ2v) is 3.55. The van der Waals surface area contributed by atoms with Gasteiger partial charge in [-0.05, 0) is 29.8 Å². The lowest BCUT2D eigenvalue weighted by Crippen LogP contribution is -2.14. The van der Waals surface area contributed by atoms with E-state index in [0.717, 1.165) is 16.5 Å². The molecule has 0 saturated carbocycles. The van der Waals surface area contributed by atoms with E-state index in [9.17, 15) is 4.79 Å². The number of hydroxylamine groups is 1. The first-order valence-corrected chi connectivity index (χ1v) is 4.88. The zero-order chi connectivity index (χ0) is 11.5. The summed E-state index contributed by atoms with van der Waals surface area (Å²) in [6, 6.07) is 7.91. The van der Waals surface area contributed by atoms with Gasteiger partial charge in [-0.3, -0.25) is 10.0 Å². The Hall–Kier alpha value is -2.07. The van der Waals surface area contributed by atoms with Crippen molar-refractivity contribution in [2.24, 2.45) is 7.05 Å². The Labute approximate surface area is 92.8 Å². The third-order valence-corrected chi connectivity index (χ3v) is 2.45. The van der Waals surface area contributed by atoms with Gasteiger partial charge in [0.15, 0.2) is 0 Å². The zero-order valence-electron chi connectivity index (χ0n) is 8.84. The van der Waals surface area contributed by atoms with E-state index in [1.54, 1.807) is 11.6 Å². The molecule has 0 spiro atoms. The third-order valence-electron chi connectivity index (χ3n) is 2.45. The number of carbonyl (C=O) groups excluding carboxylic acids is 1. The van der Waals surface area contributed by atoms with Gasteiger partial charge >= 0.3 is 0 Å². The molecule has 2 N–H and O–H groups in total. The highest BCUT2D eigenvalue weighted by Crippen LogP contribution is 2.17. The van der Waals surface area contributed by atoms with Gasteiger partial charge < -0.3 is 4.57 Å². The van der Waals surface area contributed by atoms with E-state index in [1.165, 1.54) is 6.08 Å². The van der Waals surface area contributed by atoms with Crippen LogP contribution < -0.4 is 5.48 Å². The summed E-state index contributed by atoms with van der Waals surface area (Å²) < 4.78 is 2.03. The maximum Gasteiger partial charge on any atom is 0.267 e. The zero-order valence-corrected chi connectivity index (χ0v) is 8.84. The number of aromatic nitrogens is 1. The second kappa shape index (κ2) is 4.20. The van der Waals surface area contributed by atoms with Crippen molar-refractivity contribution in [2.45, 2.75) is 0 Å². The van der Waals surface area contributed by atoms with Crippen molar-refractivity contribution in [2.75, 3.05) is 0 Å². The topological polar surface area (TPSA) is 54.3 Å². The van der Waals surface area contributed by atoms with Crippen LogP contribution >= 0.6 is 0 Å². The number of rotatable bonds is 2. The molecule has 0 unspecified atom stereocenters. The van der Waals surface area contributed by atoms with Gasteiger partial charge in [-0.2, -0.15) is 0 Å². The molecule has 1 aromatic heterocycles. The number of fused-ring (bicyclic) bond motifs is 1. The molecule has 0 aliphatic heterocycles. The molecule has 82 valence electrons. The number of benzene rings is 1. The standard InChI is InChI=1S/C12H12N2O2/c1-14-7-6-10-8-9(2-4-11(10)14)3-5-12(15)13-16/h2-8,16H,1H3,(H,13,15)/b5-3+. The summed E-state index contributed by atoms with van der Waals surface area (Å²) >= 11 is 0. The van der Waals surface area contributed by atoms with Gasteiger partial charge in [0.2, 0.25) is 0 Å². The minimum Gasteiger partial charge on any atom is -0.351 e. The minimum atomic E-state index is -0.534. The summed E-state index contributed by atoms with van der Waals surface area (Å²) in [5.74, 6) is -0.534. The van der Waals surface area contributed by atoms with Gasteiger partial charge in [-0.25, -0.2) is 5.48 Å². The van der Waals surface area contributed by atoms with Crippen LogP contribution in [0.5, 0.6) is 0 Å². The average Bonchev–Trinajstić information content (AvgIpc) is 2.67. The molecule has 16 heavy (non-hydrogen) atoms. The average molecular weight is 216 g/mol. The molecule has 2 rings (SSSR count). The number of nitrogens with one attached hydrogen (secondary N) is 1. The maximum atomic E-state index is 10.8. The van der Waals surface area contributed by atoms with E-state index in [1.807, 2.05) is 42.1 Å². The Morgan fingerprint density at radius 1 is 1.44 bits per heavy atom. The summed E-state index contributed by atoms with van der Waals surface area (Å²) in [5.41, 5.74) is 3.61. The summed E-state index contributed by atoms with van der Waals surface area (Å²) in [6.07, 6.45) is 4.92. The molecular formula is C12H12N2O2. The van der Waals surface area contributed by atoms with Crippen LogP contribution in [0.1, 0.15) is 5.56 Å². The van der Waals surface area contributed by atoms with Gasteiger partial charge in [0.1, 0.15) is 0 Å². The highest BCUT2D eigenvalue weighted by atomic mass is 16.5. The van der Waals surface area contributed by atoms with E-state index < -0.39 is 5.91 Å². The molecule has 1 heterocycles. The summed E-state index contributed by atoms with van der Waals surface area (Å²) in [4.78, 5) is 10.8. The van der Waals surface area contributed by atoms with Crippen molar-refractivity contribution >= 4 is 22.9 Å². The van der Waals surface area contributed by atoms with Crippen molar-refractivity contribution in [3.63, 3.8) is 0 Å². The van der Waals surface area contributed by atoms with Crippen molar-refractivity contribution < 1.29 is 10.0 Å². The lowest BCUT2D eigenvalue weighted by molar-refractivity contribution is -0.124. The molecule has 4 heteroatoms. The minimum absolute atomic E-state index is 0.534. The largest absolute Gasteiger partial charge is 0.351 e. The molecule has 0 aliphatic rings. The number of carbonyl (C=O) groups is 1. The first-order valence-electron chi connectivity index (χ1n) is 4.88. The summed E-state index contributed by atoms with van der Waals surface area (Å²) in [5, 5.41) is 9.45. The molecule has 0 fully saturated rings. The van der Waals surface area contributed by atoms with Crippen LogP contribution in [0.3, 0.4) is 0 Å². The van der Waals surface area contributed by atoms with E-state index in [-0.39, 0.29) is 0 Å². The van der Waals surface area contributed by atoms with E-state index in [0.29, 0.717) is 0 Å². The molecule has 0 aliphatic carbocycles. The highest BCUT2D eigenvalue weighted by molar-refractivity contribution is 5.91. The van der Waals surface area contributed by atoms with Crippen molar-refractivity contribution in [1.29, 1.82) is 0 Å². The van der Waals surface area contributed by atoms with Crippen molar-refractivity contribution in [1.82, 2.24) is 10.0 Å². The smallest absolute Gasteiger partial charge is 0.267 e. The Balaban J connectivity index is 2.33. The van der Waals surface area contributed by atoms with E-state index in [4.69, 9.17) is 5.21 Å². The lowest BCUT2D eigenvalue weighted by atomic mass is 10.1. The molecule has 0 bridgehead atoms. The van der Waals surface area contributed by atoms with Crippen LogP contribution in [-0.4, -0.2) is 15.7 Å². The van der Waals surface area contributed by atoms with E-state index in [2.05, 4.69) is 0 Å². The fourth-order valence-electron chi connectivity index (χ4n) is 1.61. The van der Waals surface area contributed by atoms with Crippen LogP contribution in [-0.2, 0) is 11.8 Å². The Bertz CT molecular complexity index is 555. The van der Waals surface area contributed by atoms with Gasteiger partial charge in [-0.1, -0.05) is 6.07 Å². The first-order chi connectivity index (χ1) is 7.70. The van der Waals surface area contributed by atoms with Crippen LogP contribution in [0, 0.1) is 0 Å². The van der Waals surface area contributed by atoms with Crippen molar-refractivity contribution in [3.8, 4) is 0 Å². The fraction of sp³-hybridized carbons (Fsp3) is 0.0833. The Kier molecular flexibility index (Phi) is 2.74. The number of hydrogen-bond acceptors (Lipinski definition) is 2. The van der Waals surface area contributed by atoms with Crippen LogP contribution in [0.2, 0.25) is 0 Å². The molecular weight excluding hydrogens is 204 g/mol. The lowest BCUT2D eigenvalue weighted by Gasteiger charge is -1.97. The molecule has 0 radical (unpaired) electrons. The van der Waals surface area contributed by atoms with Gasteiger partial charge in [0.05, 0.1) is 0 Å². The predicted molar refractivity (Wildman–Crippen MR) is 61.9 cm³/mol. The number of amides is 1. The second-order valence-electron chi connectivity index (χ2n) is 3.55. The summed E-state index contributed by atoms with van der Waals surface area (Å²) in [7, 11) is 1.98. The molecule has 4 nitrogen and oxygen atoms in total. The Morgan fingerprint density at radius 3 is 3.00 bits per heavy atom. The summed E-state index contributed by atoms with van der Waals surface area (Å²) in [6.45, 7) is 0.